The Labute approximate surface area is 169 Å². The van der Waals surface area contributed by atoms with Gasteiger partial charge in [0.05, 0.1) is 17.4 Å². The number of methoxy groups -OCH3 is 1. The maximum atomic E-state index is 12.5. The number of aryl methyl sites for hydroxylation is 1. The molecule has 0 saturated carbocycles. The zero-order chi connectivity index (χ0) is 20.1. The van der Waals surface area contributed by atoms with Gasteiger partial charge in [0.25, 0.3) is 5.91 Å². The van der Waals surface area contributed by atoms with E-state index in [9.17, 15) is 4.79 Å². The number of rotatable bonds is 8. The number of nitrogens with one attached hydrogen (secondary N) is 2. The molecule has 0 saturated heterocycles. The number of carbonyl (C=O) groups excluding carboxylic acids is 1. The van der Waals surface area contributed by atoms with Crippen LogP contribution >= 0.6 is 11.3 Å². The van der Waals surface area contributed by atoms with Crippen LogP contribution in [0.3, 0.4) is 0 Å². The molecule has 0 radical (unpaired) electrons. The average Bonchev–Trinajstić information content (AvgIpc) is 3.04. The van der Waals surface area contributed by atoms with Crippen LogP contribution in [-0.2, 0) is 6.42 Å². The third kappa shape index (κ3) is 4.59. The number of thiophene rings is 1. The molecule has 3 aromatic rings. The maximum absolute atomic E-state index is 12.5. The lowest BCUT2D eigenvalue weighted by Crippen LogP contribution is -2.27. The van der Waals surface area contributed by atoms with Crippen molar-refractivity contribution < 1.29 is 9.53 Å². The van der Waals surface area contributed by atoms with E-state index in [1.807, 2.05) is 19.1 Å². The van der Waals surface area contributed by atoms with Gasteiger partial charge in [-0.25, -0.2) is 9.97 Å². The van der Waals surface area contributed by atoms with E-state index in [1.54, 1.807) is 13.4 Å². The molecule has 0 aliphatic rings. The van der Waals surface area contributed by atoms with Gasteiger partial charge >= 0.3 is 0 Å². The first-order chi connectivity index (χ1) is 13.5. The molecule has 0 aliphatic heterocycles. The Morgan fingerprint density at radius 1 is 1.21 bits per heavy atom. The fraction of sp³-hybridized carbons (Fsp3) is 0.381. The van der Waals surface area contributed by atoms with Gasteiger partial charge in [0.2, 0.25) is 0 Å². The van der Waals surface area contributed by atoms with Crippen LogP contribution in [0, 0.1) is 12.8 Å². The lowest BCUT2D eigenvalue weighted by atomic mass is 10.1. The number of ether oxygens (including phenoxy) is 1. The summed E-state index contributed by atoms with van der Waals surface area (Å²) in [5.74, 6) is 1.99. The summed E-state index contributed by atoms with van der Waals surface area (Å²) in [5, 5.41) is 7.31. The van der Waals surface area contributed by atoms with Crippen LogP contribution in [0.1, 0.15) is 34.6 Å². The van der Waals surface area contributed by atoms with Crippen molar-refractivity contribution in [1.29, 1.82) is 0 Å². The molecule has 0 bridgehead atoms. The van der Waals surface area contributed by atoms with Gasteiger partial charge < -0.3 is 15.4 Å². The largest absolute Gasteiger partial charge is 0.497 e. The van der Waals surface area contributed by atoms with Crippen molar-refractivity contribution in [3.63, 3.8) is 0 Å². The highest BCUT2D eigenvalue weighted by atomic mass is 32.1. The van der Waals surface area contributed by atoms with Gasteiger partial charge in [-0.2, -0.15) is 0 Å². The first kappa shape index (κ1) is 20.1. The molecular weight excluding hydrogens is 372 g/mol. The fourth-order valence-corrected chi connectivity index (χ4v) is 3.98. The monoisotopic (exact) mass is 398 g/mol. The molecule has 0 fully saturated rings. The Morgan fingerprint density at radius 3 is 2.64 bits per heavy atom. The standard InChI is InChI=1S/C21H26N4O2S/c1-13(2)11-23-20(26)18-14(3)17-19(24-12-25-21(17)28-18)22-10-9-15-5-7-16(27-4)8-6-15/h5-8,12-13H,9-11H2,1-4H3,(H,23,26)(H,22,24,25). The van der Waals surface area contributed by atoms with Crippen LogP contribution in [0.5, 0.6) is 5.75 Å². The number of amides is 1. The summed E-state index contributed by atoms with van der Waals surface area (Å²) in [4.78, 5) is 22.8. The normalized spacial score (nSPS) is 11.0. The summed E-state index contributed by atoms with van der Waals surface area (Å²) >= 11 is 1.41. The van der Waals surface area contributed by atoms with Crippen molar-refractivity contribution in [2.45, 2.75) is 27.2 Å². The van der Waals surface area contributed by atoms with E-state index in [0.29, 0.717) is 17.3 Å². The van der Waals surface area contributed by atoms with E-state index in [0.717, 1.165) is 40.3 Å². The number of anilines is 1. The molecule has 0 atom stereocenters. The van der Waals surface area contributed by atoms with Gasteiger partial charge in [-0.3, -0.25) is 4.79 Å². The Bertz CT molecular complexity index is 951. The number of hydrogen-bond acceptors (Lipinski definition) is 6. The first-order valence-electron chi connectivity index (χ1n) is 9.38. The van der Waals surface area contributed by atoms with E-state index in [2.05, 4.69) is 46.6 Å². The average molecular weight is 399 g/mol. The molecule has 3 rings (SSSR count). The second kappa shape index (κ2) is 9.01. The van der Waals surface area contributed by atoms with E-state index in [4.69, 9.17) is 4.74 Å². The molecule has 0 spiro atoms. The van der Waals surface area contributed by atoms with Crippen LogP contribution in [0.4, 0.5) is 5.82 Å². The summed E-state index contributed by atoms with van der Waals surface area (Å²) < 4.78 is 5.19. The molecule has 148 valence electrons. The van der Waals surface area contributed by atoms with Gasteiger partial charge in [0, 0.05) is 13.1 Å². The van der Waals surface area contributed by atoms with E-state index in [1.165, 1.54) is 16.9 Å². The van der Waals surface area contributed by atoms with Crippen LogP contribution in [0.2, 0.25) is 0 Å². The van der Waals surface area contributed by atoms with E-state index < -0.39 is 0 Å². The molecule has 6 nitrogen and oxygen atoms in total. The zero-order valence-corrected chi connectivity index (χ0v) is 17.5. The van der Waals surface area contributed by atoms with Crippen molar-refractivity contribution >= 4 is 33.3 Å². The Hall–Kier alpha value is -2.67. The Balaban J connectivity index is 1.73. The number of nitrogens with zero attached hydrogens (tertiary/aromatic N) is 2. The van der Waals surface area contributed by atoms with Gasteiger partial charge in [-0.15, -0.1) is 11.3 Å². The van der Waals surface area contributed by atoms with Crippen LogP contribution in [-0.4, -0.2) is 36.1 Å². The molecule has 1 amide bonds. The van der Waals surface area contributed by atoms with E-state index in [-0.39, 0.29) is 5.91 Å². The summed E-state index contributed by atoms with van der Waals surface area (Å²) in [5.41, 5.74) is 2.14. The van der Waals surface area contributed by atoms with Gasteiger partial charge in [0.1, 0.15) is 22.7 Å². The highest BCUT2D eigenvalue weighted by Crippen LogP contribution is 2.33. The zero-order valence-electron chi connectivity index (χ0n) is 16.7. The Kier molecular flexibility index (Phi) is 6.46. The van der Waals surface area contributed by atoms with Crippen LogP contribution < -0.4 is 15.4 Å². The SMILES string of the molecule is COc1ccc(CCNc2ncnc3sc(C(=O)NCC(C)C)c(C)c23)cc1. The van der Waals surface area contributed by atoms with Crippen LogP contribution in [0.25, 0.3) is 10.2 Å². The molecule has 0 unspecified atom stereocenters. The lowest BCUT2D eigenvalue weighted by molar-refractivity contribution is 0.0952. The number of hydrogen-bond donors (Lipinski definition) is 2. The summed E-state index contributed by atoms with van der Waals surface area (Å²) in [6, 6.07) is 8.04. The van der Waals surface area contributed by atoms with E-state index >= 15 is 0 Å². The second-order valence-corrected chi connectivity index (χ2v) is 8.09. The van der Waals surface area contributed by atoms with Gasteiger partial charge in [0.15, 0.2) is 0 Å². The number of carbonyl (C=O) groups is 1. The number of fused-ring (bicyclic) bond motifs is 1. The van der Waals surface area contributed by atoms with Crippen molar-refractivity contribution in [3.05, 3.63) is 46.6 Å². The molecule has 2 N–H and O–H groups in total. The second-order valence-electron chi connectivity index (χ2n) is 7.09. The topological polar surface area (TPSA) is 76.1 Å². The highest BCUT2D eigenvalue weighted by molar-refractivity contribution is 7.20. The van der Waals surface area contributed by atoms with Gasteiger partial charge in [-0.1, -0.05) is 26.0 Å². The third-order valence-corrected chi connectivity index (χ3v) is 5.67. The molecule has 1 aromatic carbocycles. The smallest absolute Gasteiger partial charge is 0.261 e. The minimum atomic E-state index is -0.0432. The van der Waals surface area contributed by atoms with Crippen molar-refractivity contribution in [2.75, 3.05) is 25.5 Å². The predicted octanol–water partition coefficient (Wildman–Crippen LogP) is 4.05. The minimum Gasteiger partial charge on any atom is -0.497 e. The summed E-state index contributed by atoms with van der Waals surface area (Å²) in [6.45, 7) is 7.51. The fourth-order valence-electron chi connectivity index (χ4n) is 2.92. The number of benzene rings is 1. The molecule has 2 heterocycles. The molecular formula is C21H26N4O2S. The molecule has 2 aromatic heterocycles. The molecule has 0 aliphatic carbocycles. The summed E-state index contributed by atoms with van der Waals surface area (Å²) in [7, 11) is 1.66. The van der Waals surface area contributed by atoms with Crippen molar-refractivity contribution in [2.24, 2.45) is 5.92 Å². The number of aromatic nitrogens is 2. The third-order valence-electron chi connectivity index (χ3n) is 4.47. The Morgan fingerprint density at radius 2 is 1.96 bits per heavy atom. The minimum absolute atomic E-state index is 0.0432. The van der Waals surface area contributed by atoms with Crippen LogP contribution in [0.15, 0.2) is 30.6 Å². The van der Waals surface area contributed by atoms with Crippen molar-refractivity contribution in [1.82, 2.24) is 15.3 Å². The highest BCUT2D eigenvalue weighted by Gasteiger charge is 2.19. The molecule has 7 heteroatoms. The van der Waals surface area contributed by atoms with Crippen molar-refractivity contribution in [3.8, 4) is 5.75 Å². The molecule has 28 heavy (non-hydrogen) atoms. The summed E-state index contributed by atoms with van der Waals surface area (Å²) in [6.07, 6.45) is 2.41. The quantitative estimate of drug-likeness (QED) is 0.599. The first-order valence-corrected chi connectivity index (χ1v) is 10.2. The maximum Gasteiger partial charge on any atom is 0.261 e. The predicted molar refractivity (Wildman–Crippen MR) is 115 cm³/mol. The van der Waals surface area contributed by atoms with Gasteiger partial charge in [-0.05, 0) is 42.5 Å². The lowest BCUT2D eigenvalue weighted by Gasteiger charge is -2.08.